The summed E-state index contributed by atoms with van der Waals surface area (Å²) in [6, 6.07) is 12.8. The second-order valence-corrected chi connectivity index (χ2v) is 6.26. The summed E-state index contributed by atoms with van der Waals surface area (Å²) in [7, 11) is 0. The number of aromatic nitrogens is 1. The van der Waals surface area contributed by atoms with E-state index in [-0.39, 0.29) is 11.5 Å². The van der Waals surface area contributed by atoms with Crippen LogP contribution in [0.2, 0.25) is 0 Å². The van der Waals surface area contributed by atoms with E-state index >= 15 is 0 Å². The summed E-state index contributed by atoms with van der Waals surface area (Å²) < 4.78 is 11.3. The van der Waals surface area contributed by atoms with Crippen molar-refractivity contribution in [3.63, 3.8) is 0 Å². The van der Waals surface area contributed by atoms with Crippen LogP contribution in [0.1, 0.15) is 36.8 Å². The molecule has 0 atom stereocenters. The van der Waals surface area contributed by atoms with E-state index in [1.807, 2.05) is 36.4 Å². The molecule has 0 fully saturated rings. The lowest BCUT2D eigenvalue weighted by Gasteiger charge is -2.01. The molecular formula is C21H17NO3. The molecule has 0 aliphatic rings. The largest absolute Gasteiger partial charge is 0.460 e. The zero-order chi connectivity index (χ0) is 17.4. The Hall–Kier alpha value is -3.14. The Morgan fingerprint density at radius 1 is 1.00 bits per heavy atom. The van der Waals surface area contributed by atoms with Crippen molar-refractivity contribution < 1.29 is 8.83 Å². The van der Waals surface area contributed by atoms with Gasteiger partial charge in [-0.15, -0.1) is 0 Å². The highest BCUT2D eigenvalue weighted by atomic mass is 16.4. The fraction of sp³-hybridized carbons (Fsp3) is 0.143. The number of benzene rings is 1. The Morgan fingerprint density at radius 3 is 2.64 bits per heavy atom. The molecule has 0 radical (unpaired) electrons. The van der Waals surface area contributed by atoms with E-state index in [0.717, 1.165) is 27.8 Å². The third-order valence-corrected chi connectivity index (χ3v) is 4.13. The highest BCUT2D eigenvalue weighted by Crippen LogP contribution is 2.34. The molecule has 0 saturated heterocycles. The minimum Gasteiger partial charge on any atom is -0.460 e. The molecule has 124 valence electrons. The van der Waals surface area contributed by atoms with Crippen LogP contribution in [-0.4, -0.2) is 4.98 Å². The van der Waals surface area contributed by atoms with Crippen molar-refractivity contribution in [2.24, 2.45) is 0 Å². The van der Waals surface area contributed by atoms with Gasteiger partial charge in [-0.2, -0.15) is 0 Å². The summed E-state index contributed by atoms with van der Waals surface area (Å²) in [6.45, 7) is 4.19. The third-order valence-electron chi connectivity index (χ3n) is 4.13. The van der Waals surface area contributed by atoms with Gasteiger partial charge in [0.05, 0.1) is 5.69 Å². The maximum absolute atomic E-state index is 11.4. The standard InChI is InChI=1S/C21H17NO3/c1-13(2)21-16(8-7-15-5-3-4-10-22-15)17-11-14-6-9-20(23)24-18(14)12-19(17)25-21/h3-13H,1-2H3/b8-7+. The lowest BCUT2D eigenvalue weighted by atomic mass is 10.0. The lowest BCUT2D eigenvalue weighted by Crippen LogP contribution is -1.93. The normalized spacial score (nSPS) is 12.0. The first kappa shape index (κ1) is 15.4. The first-order valence-corrected chi connectivity index (χ1v) is 8.21. The molecule has 4 nitrogen and oxygen atoms in total. The van der Waals surface area contributed by atoms with Crippen molar-refractivity contribution in [1.82, 2.24) is 4.98 Å². The van der Waals surface area contributed by atoms with Gasteiger partial charge in [-0.3, -0.25) is 4.98 Å². The molecule has 0 saturated carbocycles. The van der Waals surface area contributed by atoms with Crippen LogP contribution in [0, 0.1) is 0 Å². The first-order chi connectivity index (χ1) is 12.1. The number of furan rings is 1. The van der Waals surface area contributed by atoms with Gasteiger partial charge < -0.3 is 8.83 Å². The van der Waals surface area contributed by atoms with Gasteiger partial charge in [0, 0.05) is 40.6 Å². The van der Waals surface area contributed by atoms with Crippen LogP contribution < -0.4 is 5.63 Å². The smallest absolute Gasteiger partial charge is 0.336 e. The van der Waals surface area contributed by atoms with Crippen molar-refractivity contribution in [3.8, 4) is 0 Å². The average molecular weight is 331 g/mol. The second kappa shape index (κ2) is 6.06. The molecule has 0 aliphatic heterocycles. The second-order valence-electron chi connectivity index (χ2n) is 6.26. The Bertz CT molecular complexity index is 1130. The monoisotopic (exact) mass is 331 g/mol. The van der Waals surface area contributed by atoms with Crippen LogP contribution in [-0.2, 0) is 0 Å². The number of hydrogen-bond donors (Lipinski definition) is 0. The summed E-state index contributed by atoms with van der Waals surface area (Å²) in [6.07, 6.45) is 5.78. The Kier molecular flexibility index (Phi) is 3.73. The number of pyridine rings is 1. The van der Waals surface area contributed by atoms with Gasteiger partial charge in [-0.1, -0.05) is 19.9 Å². The molecule has 1 aromatic carbocycles. The van der Waals surface area contributed by atoms with Crippen LogP contribution in [0.3, 0.4) is 0 Å². The molecule has 0 aliphatic carbocycles. The molecule has 0 N–H and O–H groups in total. The van der Waals surface area contributed by atoms with E-state index in [4.69, 9.17) is 8.83 Å². The van der Waals surface area contributed by atoms with Crippen LogP contribution in [0.25, 0.3) is 34.1 Å². The van der Waals surface area contributed by atoms with E-state index in [1.54, 1.807) is 18.3 Å². The minimum absolute atomic E-state index is 0.228. The maximum atomic E-state index is 11.4. The van der Waals surface area contributed by atoms with Crippen molar-refractivity contribution >= 4 is 34.1 Å². The molecule has 3 heterocycles. The number of fused-ring (bicyclic) bond motifs is 2. The van der Waals surface area contributed by atoms with E-state index < -0.39 is 0 Å². The van der Waals surface area contributed by atoms with Crippen LogP contribution >= 0.6 is 0 Å². The fourth-order valence-corrected chi connectivity index (χ4v) is 2.94. The molecule has 4 aromatic rings. The van der Waals surface area contributed by atoms with E-state index in [9.17, 15) is 4.79 Å². The molecule has 0 spiro atoms. The van der Waals surface area contributed by atoms with Gasteiger partial charge in [0.15, 0.2) is 0 Å². The fourth-order valence-electron chi connectivity index (χ4n) is 2.94. The van der Waals surface area contributed by atoms with Gasteiger partial charge >= 0.3 is 5.63 Å². The molecule has 25 heavy (non-hydrogen) atoms. The summed E-state index contributed by atoms with van der Waals surface area (Å²) in [5, 5.41) is 1.87. The molecule has 0 amide bonds. The van der Waals surface area contributed by atoms with Crippen molar-refractivity contribution in [3.05, 3.63) is 76.1 Å². The first-order valence-electron chi connectivity index (χ1n) is 8.21. The number of hydrogen-bond acceptors (Lipinski definition) is 4. The van der Waals surface area contributed by atoms with E-state index in [1.165, 1.54) is 6.07 Å². The SMILES string of the molecule is CC(C)c1oc2cc3oc(=O)ccc3cc2c1/C=C/c1ccccn1. The zero-order valence-corrected chi connectivity index (χ0v) is 14.0. The van der Waals surface area contributed by atoms with Crippen LogP contribution in [0.5, 0.6) is 0 Å². The highest BCUT2D eigenvalue weighted by molar-refractivity contribution is 5.99. The van der Waals surface area contributed by atoms with Crippen LogP contribution in [0.15, 0.2) is 62.3 Å². The summed E-state index contributed by atoms with van der Waals surface area (Å²) in [5.41, 5.74) is 2.80. The molecule has 0 bridgehead atoms. The van der Waals surface area contributed by atoms with E-state index in [2.05, 4.69) is 18.8 Å². The number of rotatable bonds is 3. The summed E-state index contributed by atoms with van der Waals surface area (Å²) in [4.78, 5) is 15.8. The number of nitrogens with zero attached hydrogens (tertiary/aromatic N) is 1. The van der Waals surface area contributed by atoms with E-state index in [0.29, 0.717) is 11.2 Å². The molecular weight excluding hydrogens is 314 g/mol. The zero-order valence-electron chi connectivity index (χ0n) is 14.0. The minimum atomic E-state index is -0.363. The van der Waals surface area contributed by atoms with Crippen molar-refractivity contribution in [2.75, 3.05) is 0 Å². The average Bonchev–Trinajstić information content (AvgIpc) is 2.96. The third kappa shape index (κ3) is 2.87. The van der Waals surface area contributed by atoms with Crippen molar-refractivity contribution in [1.29, 1.82) is 0 Å². The van der Waals surface area contributed by atoms with Gasteiger partial charge in [0.2, 0.25) is 0 Å². The molecule has 4 rings (SSSR count). The molecule has 0 unspecified atom stereocenters. The lowest BCUT2D eigenvalue weighted by molar-refractivity contribution is 0.518. The Balaban J connectivity index is 1.94. The van der Waals surface area contributed by atoms with Gasteiger partial charge in [-0.05, 0) is 36.4 Å². The Morgan fingerprint density at radius 2 is 1.88 bits per heavy atom. The quantitative estimate of drug-likeness (QED) is 0.482. The highest BCUT2D eigenvalue weighted by Gasteiger charge is 2.16. The van der Waals surface area contributed by atoms with Crippen molar-refractivity contribution in [2.45, 2.75) is 19.8 Å². The van der Waals surface area contributed by atoms with Gasteiger partial charge in [0.25, 0.3) is 0 Å². The summed E-state index contributed by atoms with van der Waals surface area (Å²) >= 11 is 0. The predicted octanol–water partition coefficient (Wildman–Crippen LogP) is 5.23. The topological polar surface area (TPSA) is 56.2 Å². The Labute approximate surface area is 144 Å². The van der Waals surface area contributed by atoms with Crippen LogP contribution in [0.4, 0.5) is 0 Å². The van der Waals surface area contributed by atoms with Gasteiger partial charge in [0.1, 0.15) is 16.9 Å². The van der Waals surface area contributed by atoms with Gasteiger partial charge in [-0.25, -0.2) is 4.79 Å². The predicted molar refractivity (Wildman–Crippen MR) is 99.5 cm³/mol. The molecule has 4 heteroatoms. The maximum Gasteiger partial charge on any atom is 0.336 e. The molecule has 3 aromatic heterocycles. The summed E-state index contributed by atoms with van der Waals surface area (Å²) in [5.74, 6) is 1.13.